The molecule has 110 valence electrons. The zero-order valence-corrected chi connectivity index (χ0v) is 12.1. The first kappa shape index (κ1) is 14.5. The van der Waals surface area contributed by atoms with E-state index in [1.54, 1.807) is 11.8 Å². The van der Waals surface area contributed by atoms with Gasteiger partial charge in [0.25, 0.3) is 0 Å². The Labute approximate surface area is 118 Å². The van der Waals surface area contributed by atoms with Crippen molar-refractivity contribution in [2.75, 3.05) is 56.8 Å². The molecule has 1 aliphatic rings. The van der Waals surface area contributed by atoms with E-state index in [2.05, 4.69) is 9.97 Å². The number of carbonyl (C=O) groups excluding carboxylic acids is 1. The molecule has 0 amide bonds. The number of rotatable bonds is 4. The lowest BCUT2D eigenvalue weighted by atomic mass is 10.3. The van der Waals surface area contributed by atoms with Crippen LogP contribution in [-0.4, -0.2) is 62.9 Å². The number of morpholine rings is 1. The van der Waals surface area contributed by atoms with Crippen molar-refractivity contribution in [1.29, 1.82) is 0 Å². The van der Waals surface area contributed by atoms with Crippen LogP contribution in [0.15, 0.2) is 6.20 Å². The number of hydrogen-bond donors (Lipinski definition) is 0. The summed E-state index contributed by atoms with van der Waals surface area (Å²) in [5.74, 6) is 0.787. The first-order valence-corrected chi connectivity index (χ1v) is 6.67. The summed E-state index contributed by atoms with van der Waals surface area (Å²) >= 11 is 0. The number of ether oxygens (including phenoxy) is 2. The maximum absolute atomic E-state index is 11.9. The zero-order chi connectivity index (χ0) is 14.5. The average Bonchev–Trinajstić information content (AvgIpc) is 2.47. The lowest BCUT2D eigenvalue weighted by Gasteiger charge is -2.27. The molecule has 0 unspecified atom stereocenters. The van der Waals surface area contributed by atoms with Crippen LogP contribution in [0.3, 0.4) is 0 Å². The summed E-state index contributed by atoms with van der Waals surface area (Å²) in [6.07, 6.45) is 1.53. The Balaban J connectivity index is 2.29. The summed E-state index contributed by atoms with van der Waals surface area (Å²) in [6.45, 7) is 4.95. The van der Waals surface area contributed by atoms with Gasteiger partial charge in [-0.15, -0.1) is 0 Å². The number of carbonyl (C=O) groups is 1. The van der Waals surface area contributed by atoms with Gasteiger partial charge in [-0.25, -0.2) is 9.78 Å². The first-order valence-electron chi connectivity index (χ1n) is 6.67. The summed E-state index contributed by atoms with van der Waals surface area (Å²) < 4.78 is 10.3. The minimum atomic E-state index is -0.398. The summed E-state index contributed by atoms with van der Waals surface area (Å²) in [5.41, 5.74) is 0.383. The fourth-order valence-corrected chi connectivity index (χ4v) is 1.97. The van der Waals surface area contributed by atoms with E-state index < -0.39 is 5.97 Å². The molecule has 0 atom stereocenters. The molecule has 1 aromatic heterocycles. The smallest absolute Gasteiger partial charge is 0.343 e. The molecule has 0 bridgehead atoms. The van der Waals surface area contributed by atoms with E-state index in [-0.39, 0.29) is 0 Å². The third kappa shape index (κ3) is 3.16. The number of anilines is 2. The fraction of sp³-hybridized carbons (Fsp3) is 0.615. The molecule has 2 rings (SSSR count). The molecule has 0 spiro atoms. The number of aromatic nitrogens is 2. The van der Waals surface area contributed by atoms with E-state index in [0.717, 1.165) is 13.1 Å². The molecule has 2 heterocycles. The standard InChI is InChI=1S/C13H20N4O3/c1-4-20-12(18)10-9-14-13(15-11(10)16(2)3)17-5-7-19-8-6-17/h9H,4-8H2,1-3H3. The van der Waals surface area contributed by atoms with Gasteiger partial charge in [0.15, 0.2) is 0 Å². The number of nitrogens with zero attached hydrogens (tertiary/aromatic N) is 4. The Morgan fingerprint density at radius 1 is 1.45 bits per heavy atom. The van der Waals surface area contributed by atoms with Gasteiger partial charge in [-0.3, -0.25) is 0 Å². The molecule has 20 heavy (non-hydrogen) atoms. The van der Waals surface area contributed by atoms with Gasteiger partial charge in [0, 0.05) is 33.4 Å². The van der Waals surface area contributed by atoms with Crippen molar-refractivity contribution in [2.45, 2.75) is 6.92 Å². The van der Waals surface area contributed by atoms with E-state index in [1.807, 2.05) is 19.0 Å². The van der Waals surface area contributed by atoms with E-state index in [9.17, 15) is 4.79 Å². The van der Waals surface area contributed by atoms with Crippen LogP contribution in [-0.2, 0) is 9.47 Å². The van der Waals surface area contributed by atoms with Crippen LogP contribution in [0.5, 0.6) is 0 Å². The van der Waals surface area contributed by atoms with Crippen molar-refractivity contribution in [3.8, 4) is 0 Å². The summed E-state index contributed by atoms with van der Waals surface area (Å²) in [7, 11) is 3.68. The minimum Gasteiger partial charge on any atom is -0.462 e. The van der Waals surface area contributed by atoms with Gasteiger partial charge in [-0.05, 0) is 6.92 Å². The molecule has 7 heteroatoms. The van der Waals surface area contributed by atoms with Gasteiger partial charge in [0.2, 0.25) is 5.95 Å². The normalized spacial score (nSPS) is 15.1. The van der Waals surface area contributed by atoms with Crippen molar-refractivity contribution in [1.82, 2.24) is 9.97 Å². The van der Waals surface area contributed by atoms with Gasteiger partial charge >= 0.3 is 5.97 Å². The monoisotopic (exact) mass is 280 g/mol. The lowest BCUT2D eigenvalue weighted by molar-refractivity contribution is 0.0526. The van der Waals surface area contributed by atoms with Crippen molar-refractivity contribution >= 4 is 17.7 Å². The summed E-state index contributed by atoms with van der Waals surface area (Å²) in [5, 5.41) is 0. The Hall–Kier alpha value is -1.89. The summed E-state index contributed by atoms with van der Waals surface area (Å²) in [4.78, 5) is 24.5. The molecule has 0 aromatic carbocycles. The van der Waals surface area contributed by atoms with Crippen LogP contribution in [0.1, 0.15) is 17.3 Å². The summed E-state index contributed by atoms with van der Waals surface area (Å²) in [6, 6.07) is 0. The molecule has 1 fully saturated rings. The first-order chi connectivity index (χ1) is 9.63. The van der Waals surface area contributed by atoms with Gasteiger partial charge < -0.3 is 19.3 Å². The molecule has 0 N–H and O–H groups in total. The molecular formula is C13H20N4O3. The molecule has 1 aromatic rings. The Kier molecular flexibility index (Phi) is 4.73. The predicted octanol–water partition coefficient (Wildman–Crippen LogP) is 0.556. The second kappa shape index (κ2) is 6.51. The van der Waals surface area contributed by atoms with Gasteiger partial charge in [0.05, 0.1) is 19.8 Å². The Bertz CT molecular complexity index is 473. The third-order valence-corrected chi connectivity index (χ3v) is 2.97. The zero-order valence-electron chi connectivity index (χ0n) is 12.1. The largest absolute Gasteiger partial charge is 0.462 e. The van der Waals surface area contributed by atoms with E-state index in [1.165, 1.54) is 6.20 Å². The maximum Gasteiger partial charge on any atom is 0.343 e. The second-order valence-electron chi connectivity index (χ2n) is 4.62. The molecule has 1 saturated heterocycles. The molecule has 7 nitrogen and oxygen atoms in total. The molecule has 0 radical (unpaired) electrons. The highest BCUT2D eigenvalue weighted by Crippen LogP contribution is 2.20. The van der Waals surface area contributed by atoms with E-state index >= 15 is 0 Å². The quantitative estimate of drug-likeness (QED) is 0.746. The van der Waals surface area contributed by atoms with Crippen LogP contribution >= 0.6 is 0 Å². The van der Waals surface area contributed by atoms with Crippen molar-refractivity contribution in [3.63, 3.8) is 0 Å². The van der Waals surface area contributed by atoms with E-state index in [4.69, 9.17) is 9.47 Å². The fourth-order valence-electron chi connectivity index (χ4n) is 1.97. The van der Waals surface area contributed by atoms with Crippen molar-refractivity contribution in [3.05, 3.63) is 11.8 Å². The van der Waals surface area contributed by atoms with Crippen LogP contribution < -0.4 is 9.80 Å². The van der Waals surface area contributed by atoms with Crippen LogP contribution in [0.2, 0.25) is 0 Å². The molecule has 0 saturated carbocycles. The van der Waals surface area contributed by atoms with Crippen LogP contribution in [0.4, 0.5) is 11.8 Å². The van der Waals surface area contributed by atoms with Crippen LogP contribution in [0.25, 0.3) is 0 Å². The highest BCUT2D eigenvalue weighted by molar-refractivity contribution is 5.94. The maximum atomic E-state index is 11.9. The highest BCUT2D eigenvalue weighted by Gasteiger charge is 2.20. The average molecular weight is 280 g/mol. The third-order valence-electron chi connectivity index (χ3n) is 2.97. The van der Waals surface area contributed by atoms with Crippen molar-refractivity contribution in [2.24, 2.45) is 0 Å². The minimum absolute atomic E-state index is 0.330. The van der Waals surface area contributed by atoms with Gasteiger partial charge in [-0.1, -0.05) is 0 Å². The Morgan fingerprint density at radius 3 is 2.75 bits per heavy atom. The second-order valence-corrected chi connectivity index (χ2v) is 4.62. The SMILES string of the molecule is CCOC(=O)c1cnc(N2CCOCC2)nc1N(C)C. The van der Waals surface area contributed by atoms with Crippen molar-refractivity contribution < 1.29 is 14.3 Å². The number of hydrogen-bond acceptors (Lipinski definition) is 7. The molecular weight excluding hydrogens is 260 g/mol. The topological polar surface area (TPSA) is 67.8 Å². The van der Waals surface area contributed by atoms with Crippen LogP contribution in [0, 0.1) is 0 Å². The molecule has 0 aliphatic carbocycles. The van der Waals surface area contributed by atoms with Gasteiger partial charge in [0.1, 0.15) is 11.4 Å². The lowest BCUT2D eigenvalue weighted by Crippen LogP contribution is -2.37. The highest BCUT2D eigenvalue weighted by atomic mass is 16.5. The Morgan fingerprint density at radius 2 is 2.15 bits per heavy atom. The van der Waals surface area contributed by atoms with Gasteiger partial charge in [-0.2, -0.15) is 4.98 Å². The molecule has 1 aliphatic heterocycles. The predicted molar refractivity (Wildman–Crippen MR) is 75.3 cm³/mol. The number of esters is 1. The van der Waals surface area contributed by atoms with E-state index in [0.29, 0.717) is 37.2 Å².